The summed E-state index contributed by atoms with van der Waals surface area (Å²) in [5.41, 5.74) is 0.961. The van der Waals surface area contributed by atoms with Crippen molar-refractivity contribution in [3.63, 3.8) is 0 Å². The predicted octanol–water partition coefficient (Wildman–Crippen LogP) is 5.81. The van der Waals surface area contributed by atoms with Crippen LogP contribution >= 0.6 is 0 Å². The fraction of sp³-hybridized carbons (Fsp3) is 0.312. The third-order valence-corrected chi connectivity index (χ3v) is 7.96. The zero-order valence-electron chi connectivity index (χ0n) is 23.4. The highest BCUT2D eigenvalue weighted by Crippen LogP contribution is 2.32. The minimum Gasteiger partial charge on any atom is -0.478 e. The number of hydrogen-bond acceptors (Lipinski definition) is 5. The van der Waals surface area contributed by atoms with Gasteiger partial charge < -0.3 is 19.1 Å². The Kier molecular flexibility index (Phi) is 7.68. The Morgan fingerprint density at radius 2 is 1.70 bits per heavy atom. The summed E-state index contributed by atoms with van der Waals surface area (Å²) in [4.78, 5) is 22.4. The van der Waals surface area contributed by atoms with Gasteiger partial charge in [0.1, 0.15) is 24.3 Å². The van der Waals surface area contributed by atoms with Crippen LogP contribution in [0.3, 0.4) is 0 Å². The Morgan fingerprint density at radius 3 is 2.42 bits per heavy atom. The van der Waals surface area contributed by atoms with Crippen molar-refractivity contribution in [2.45, 2.75) is 25.2 Å². The highest BCUT2D eigenvalue weighted by molar-refractivity contribution is 5.85. The van der Waals surface area contributed by atoms with E-state index in [1.807, 2.05) is 11.9 Å². The first-order valence-corrected chi connectivity index (χ1v) is 14.0. The summed E-state index contributed by atoms with van der Waals surface area (Å²) in [5.74, 6) is -0.534. The van der Waals surface area contributed by atoms with Crippen LogP contribution < -0.4 is 10.3 Å². The molecule has 6 rings (SSSR count). The third kappa shape index (κ3) is 6.13. The molecule has 0 amide bonds. The minimum atomic E-state index is -4.51. The fourth-order valence-corrected chi connectivity index (χ4v) is 5.58. The molecular weight excluding hydrogens is 567 g/mol. The van der Waals surface area contributed by atoms with Crippen molar-refractivity contribution < 1.29 is 26.7 Å². The van der Waals surface area contributed by atoms with Gasteiger partial charge in [-0.2, -0.15) is 13.2 Å². The molecular formula is C32H29F5N4O2. The summed E-state index contributed by atoms with van der Waals surface area (Å²) < 4.78 is 76.8. The van der Waals surface area contributed by atoms with Gasteiger partial charge in [-0.3, -0.25) is 4.79 Å². The number of aromatic nitrogens is 1. The quantitative estimate of drug-likeness (QED) is 0.264. The standard InChI is InChI=1S/C32H29F5N4O2/c1-39-9-11-40(12-10-39)29-16-28-24(15-26(29)34)31(42)25(18-41(28)17-21-3-2-4-22(13-21)32(35,36)37)27-19-43-30(38-27)14-20-5-7-23(33)8-6-20/h2-8,13,15-16,18,27H,9-12,14,17,19H2,1H3. The number of alkyl halides is 3. The number of piperazine rings is 1. The molecule has 1 unspecified atom stereocenters. The van der Waals surface area contributed by atoms with Gasteiger partial charge in [0.25, 0.3) is 0 Å². The van der Waals surface area contributed by atoms with Crippen molar-refractivity contribution in [1.82, 2.24) is 9.47 Å². The van der Waals surface area contributed by atoms with Crippen LogP contribution in [0.1, 0.15) is 28.3 Å². The number of halogens is 5. The molecule has 1 saturated heterocycles. The molecule has 11 heteroatoms. The van der Waals surface area contributed by atoms with Gasteiger partial charge in [0.15, 0.2) is 11.3 Å². The number of ether oxygens (including phenoxy) is 1. The molecule has 0 radical (unpaired) electrons. The van der Waals surface area contributed by atoms with E-state index in [1.165, 1.54) is 24.3 Å². The maximum atomic E-state index is 15.6. The van der Waals surface area contributed by atoms with Crippen LogP contribution in [0.2, 0.25) is 0 Å². The van der Waals surface area contributed by atoms with E-state index < -0.39 is 29.0 Å². The molecule has 3 heterocycles. The highest BCUT2D eigenvalue weighted by Gasteiger charge is 2.31. The van der Waals surface area contributed by atoms with E-state index in [9.17, 15) is 22.4 Å². The second-order valence-corrected chi connectivity index (χ2v) is 11.0. The molecule has 1 atom stereocenters. The van der Waals surface area contributed by atoms with Crippen molar-refractivity contribution in [1.29, 1.82) is 0 Å². The molecule has 224 valence electrons. The lowest BCUT2D eigenvalue weighted by atomic mass is 10.0. The van der Waals surface area contributed by atoms with Gasteiger partial charge in [-0.05, 0) is 54.6 Å². The lowest BCUT2D eigenvalue weighted by molar-refractivity contribution is -0.137. The Bertz CT molecular complexity index is 1740. The molecule has 2 aliphatic rings. The molecule has 0 aliphatic carbocycles. The molecule has 43 heavy (non-hydrogen) atoms. The summed E-state index contributed by atoms with van der Waals surface area (Å²) in [6, 6.07) is 13.1. The second-order valence-electron chi connectivity index (χ2n) is 11.0. The number of fused-ring (bicyclic) bond motifs is 1. The van der Waals surface area contributed by atoms with Crippen molar-refractivity contribution in [2.24, 2.45) is 4.99 Å². The molecule has 6 nitrogen and oxygen atoms in total. The van der Waals surface area contributed by atoms with Gasteiger partial charge in [-0.1, -0.05) is 24.3 Å². The third-order valence-electron chi connectivity index (χ3n) is 7.96. The van der Waals surface area contributed by atoms with Crippen LogP contribution in [0.5, 0.6) is 0 Å². The van der Waals surface area contributed by atoms with Crippen molar-refractivity contribution in [3.05, 3.63) is 111 Å². The molecule has 1 aromatic heterocycles. The number of hydrogen-bond donors (Lipinski definition) is 0. The van der Waals surface area contributed by atoms with E-state index in [0.29, 0.717) is 42.2 Å². The summed E-state index contributed by atoms with van der Waals surface area (Å²) in [6.07, 6.45) is -2.62. The first-order chi connectivity index (χ1) is 20.5. The SMILES string of the molecule is CN1CCN(c2cc3c(cc2F)c(=O)c(C2COC(Cc4ccc(F)cc4)=N2)cn3Cc2cccc(C(F)(F)F)c2)CC1. The highest BCUT2D eigenvalue weighted by atomic mass is 19.4. The smallest absolute Gasteiger partial charge is 0.416 e. The predicted molar refractivity (Wildman–Crippen MR) is 155 cm³/mol. The van der Waals surface area contributed by atoms with Crippen LogP contribution in [0.25, 0.3) is 10.9 Å². The lowest BCUT2D eigenvalue weighted by Crippen LogP contribution is -2.44. The van der Waals surface area contributed by atoms with Gasteiger partial charge in [0.05, 0.1) is 16.8 Å². The first-order valence-electron chi connectivity index (χ1n) is 14.0. The summed E-state index contributed by atoms with van der Waals surface area (Å²) in [7, 11) is 1.99. The zero-order chi connectivity index (χ0) is 30.3. The Hall–Kier alpha value is -4.25. The van der Waals surface area contributed by atoms with Crippen molar-refractivity contribution in [3.8, 4) is 0 Å². The number of pyridine rings is 1. The molecule has 0 bridgehead atoms. The van der Waals surface area contributed by atoms with Crippen LogP contribution in [-0.2, 0) is 23.9 Å². The number of rotatable bonds is 6. The molecule has 3 aromatic carbocycles. The second kappa shape index (κ2) is 11.4. The van der Waals surface area contributed by atoms with Gasteiger partial charge in [0.2, 0.25) is 0 Å². The van der Waals surface area contributed by atoms with Gasteiger partial charge in [0, 0.05) is 56.3 Å². The topological polar surface area (TPSA) is 50.1 Å². The van der Waals surface area contributed by atoms with Crippen LogP contribution in [0, 0.1) is 11.6 Å². The Balaban J connectivity index is 1.42. The molecule has 2 aliphatic heterocycles. The number of anilines is 1. The van der Waals surface area contributed by atoms with Crippen molar-refractivity contribution >= 4 is 22.5 Å². The van der Waals surface area contributed by atoms with Crippen LogP contribution in [0.4, 0.5) is 27.6 Å². The van der Waals surface area contributed by atoms with Crippen molar-refractivity contribution in [2.75, 3.05) is 44.7 Å². The number of nitrogens with zero attached hydrogens (tertiary/aromatic N) is 4. The van der Waals surface area contributed by atoms with Crippen LogP contribution in [-0.4, -0.2) is 55.2 Å². The maximum absolute atomic E-state index is 15.6. The fourth-order valence-electron chi connectivity index (χ4n) is 5.58. The maximum Gasteiger partial charge on any atom is 0.416 e. The molecule has 1 fully saturated rings. The normalized spacial score (nSPS) is 17.8. The molecule has 0 spiro atoms. The lowest BCUT2D eigenvalue weighted by Gasteiger charge is -2.34. The number of likely N-dealkylation sites (N-methyl/N-ethyl adjacent to an activating group) is 1. The average molecular weight is 597 g/mol. The molecule has 0 saturated carbocycles. The first kappa shape index (κ1) is 28.9. The van der Waals surface area contributed by atoms with E-state index in [0.717, 1.165) is 30.8 Å². The average Bonchev–Trinajstić information content (AvgIpc) is 3.44. The Labute approximate surface area is 244 Å². The van der Waals surface area contributed by atoms with Gasteiger partial charge in [-0.25, -0.2) is 13.8 Å². The number of aliphatic imine (C=N–C) groups is 1. The summed E-state index contributed by atoms with van der Waals surface area (Å²) >= 11 is 0. The summed E-state index contributed by atoms with van der Waals surface area (Å²) in [6.45, 7) is 2.77. The van der Waals surface area contributed by atoms with Gasteiger partial charge in [-0.15, -0.1) is 0 Å². The van der Waals surface area contributed by atoms with E-state index in [-0.39, 0.29) is 29.9 Å². The van der Waals surface area contributed by atoms with E-state index in [1.54, 1.807) is 35.0 Å². The summed E-state index contributed by atoms with van der Waals surface area (Å²) in [5, 5.41) is 0.113. The monoisotopic (exact) mass is 596 g/mol. The van der Waals surface area contributed by atoms with Crippen LogP contribution in [0.15, 0.2) is 76.6 Å². The largest absolute Gasteiger partial charge is 0.478 e. The number of benzene rings is 3. The van der Waals surface area contributed by atoms with E-state index in [4.69, 9.17) is 4.74 Å². The minimum absolute atomic E-state index is 0.0151. The molecule has 4 aromatic rings. The Morgan fingerprint density at radius 1 is 0.953 bits per heavy atom. The van der Waals surface area contributed by atoms with E-state index in [2.05, 4.69) is 9.89 Å². The van der Waals surface area contributed by atoms with E-state index >= 15 is 4.39 Å². The molecule has 0 N–H and O–H groups in total. The zero-order valence-corrected chi connectivity index (χ0v) is 23.4. The van der Waals surface area contributed by atoms with Gasteiger partial charge >= 0.3 is 6.18 Å².